The predicted octanol–water partition coefficient (Wildman–Crippen LogP) is 0.900. The van der Waals surface area contributed by atoms with Crippen LogP contribution in [0.25, 0.3) is 0 Å². The molecule has 0 saturated carbocycles. The highest BCUT2D eigenvalue weighted by atomic mass is 16.4. The van der Waals surface area contributed by atoms with E-state index < -0.39 is 12.0 Å². The number of aliphatic hydroxyl groups is 1. The molecule has 6 nitrogen and oxygen atoms in total. The van der Waals surface area contributed by atoms with E-state index in [1.807, 2.05) is 13.8 Å². The van der Waals surface area contributed by atoms with E-state index in [0.29, 0.717) is 19.5 Å². The molecule has 1 fully saturated rings. The van der Waals surface area contributed by atoms with Crippen LogP contribution in [0, 0.1) is 11.8 Å². The maximum absolute atomic E-state index is 12.0. The Morgan fingerprint density at radius 3 is 2.32 bits per heavy atom. The average Bonchev–Trinajstić information content (AvgIpc) is 2.37. The molecule has 0 aromatic rings. The topological polar surface area (TPSA) is 89.9 Å². The van der Waals surface area contributed by atoms with Crippen molar-refractivity contribution in [3.05, 3.63) is 0 Å². The zero-order valence-electron chi connectivity index (χ0n) is 11.6. The third-order valence-corrected chi connectivity index (χ3v) is 3.46. The number of carboxylic acid groups (broad SMARTS) is 1. The van der Waals surface area contributed by atoms with Gasteiger partial charge in [0.2, 0.25) is 0 Å². The number of nitrogens with zero attached hydrogens (tertiary/aromatic N) is 1. The van der Waals surface area contributed by atoms with E-state index in [1.54, 1.807) is 4.90 Å². The molecule has 0 aromatic carbocycles. The number of hydrogen-bond donors (Lipinski definition) is 3. The number of amides is 2. The molecule has 110 valence electrons. The van der Waals surface area contributed by atoms with Crippen LogP contribution in [0.4, 0.5) is 4.79 Å². The molecule has 1 saturated heterocycles. The zero-order chi connectivity index (χ0) is 14.4. The fourth-order valence-corrected chi connectivity index (χ4v) is 2.25. The van der Waals surface area contributed by atoms with Crippen molar-refractivity contribution in [1.29, 1.82) is 0 Å². The van der Waals surface area contributed by atoms with Gasteiger partial charge in [0.15, 0.2) is 0 Å². The highest BCUT2D eigenvalue weighted by molar-refractivity contribution is 5.82. The van der Waals surface area contributed by atoms with Gasteiger partial charge in [-0.25, -0.2) is 9.59 Å². The van der Waals surface area contributed by atoms with Gasteiger partial charge in [0.05, 0.1) is 0 Å². The summed E-state index contributed by atoms with van der Waals surface area (Å²) in [6.45, 7) is 5.15. The summed E-state index contributed by atoms with van der Waals surface area (Å²) in [5.41, 5.74) is 0. The summed E-state index contributed by atoms with van der Waals surface area (Å²) in [7, 11) is 0. The summed E-state index contributed by atoms with van der Waals surface area (Å²) in [6.07, 6.45) is 1.96. The van der Waals surface area contributed by atoms with Gasteiger partial charge >= 0.3 is 12.0 Å². The van der Waals surface area contributed by atoms with Crippen molar-refractivity contribution < 1.29 is 19.8 Å². The van der Waals surface area contributed by atoms with E-state index in [9.17, 15) is 9.59 Å². The SMILES string of the molecule is CC(C)CC(NC(=O)N1CCC(CO)CC1)C(=O)O. The van der Waals surface area contributed by atoms with E-state index in [4.69, 9.17) is 10.2 Å². The number of nitrogens with one attached hydrogen (secondary N) is 1. The second kappa shape index (κ2) is 7.33. The standard InChI is InChI=1S/C13H24N2O4/c1-9(2)7-11(12(17)18)14-13(19)15-5-3-10(8-16)4-6-15/h9-11,16H,3-8H2,1-2H3,(H,14,19)(H,17,18). The van der Waals surface area contributed by atoms with E-state index in [1.165, 1.54) is 0 Å². The molecule has 1 rings (SSSR count). The van der Waals surface area contributed by atoms with E-state index in [2.05, 4.69) is 5.32 Å². The van der Waals surface area contributed by atoms with Crippen LogP contribution < -0.4 is 5.32 Å². The van der Waals surface area contributed by atoms with Crippen molar-refractivity contribution in [2.75, 3.05) is 19.7 Å². The number of carbonyl (C=O) groups is 2. The summed E-state index contributed by atoms with van der Waals surface area (Å²) in [5.74, 6) is -0.524. The van der Waals surface area contributed by atoms with Crippen LogP contribution in [-0.4, -0.2) is 52.9 Å². The molecule has 3 N–H and O–H groups in total. The quantitative estimate of drug-likeness (QED) is 0.693. The van der Waals surface area contributed by atoms with Gasteiger partial charge in [-0.1, -0.05) is 13.8 Å². The zero-order valence-corrected chi connectivity index (χ0v) is 11.6. The van der Waals surface area contributed by atoms with Gasteiger partial charge in [-0.15, -0.1) is 0 Å². The Kier molecular flexibility index (Phi) is 6.08. The lowest BCUT2D eigenvalue weighted by molar-refractivity contribution is -0.139. The molecule has 0 radical (unpaired) electrons. The molecule has 1 atom stereocenters. The maximum Gasteiger partial charge on any atom is 0.326 e. The number of aliphatic hydroxyl groups excluding tert-OH is 1. The lowest BCUT2D eigenvalue weighted by atomic mass is 9.98. The van der Waals surface area contributed by atoms with Gasteiger partial charge < -0.3 is 20.4 Å². The van der Waals surface area contributed by atoms with Gasteiger partial charge in [-0.3, -0.25) is 0 Å². The first-order valence-electron chi connectivity index (χ1n) is 6.83. The maximum atomic E-state index is 12.0. The number of piperidine rings is 1. The number of aliphatic carboxylic acids is 1. The highest BCUT2D eigenvalue weighted by Gasteiger charge is 2.26. The number of urea groups is 1. The van der Waals surface area contributed by atoms with Crippen molar-refractivity contribution in [2.45, 2.75) is 39.2 Å². The monoisotopic (exact) mass is 272 g/mol. The fraction of sp³-hybridized carbons (Fsp3) is 0.846. The summed E-state index contributed by atoms with van der Waals surface area (Å²) < 4.78 is 0. The van der Waals surface area contributed by atoms with Crippen molar-refractivity contribution in [3.8, 4) is 0 Å². The lowest BCUT2D eigenvalue weighted by Gasteiger charge is -2.32. The first-order valence-corrected chi connectivity index (χ1v) is 6.83. The van der Waals surface area contributed by atoms with Crippen LogP contribution in [-0.2, 0) is 4.79 Å². The average molecular weight is 272 g/mol. The molecule has 0 aromatic heterocycles. The van der Waals surface area contributed by atoms with Crippen molar-refractivity contribution in [2.24, 2.45) is 11.8 Å². The molecule has 1 aliphatic heterocycles. The van der Waals surface area contributed by atoms with Crippen molar-refractivity contribution >= 4 is 12.0 Å². The van der Waals surface area contributed by atoms with Gasteiger partial charge in [0, 0.05) is 19.7 Å². The normalized spacial score (nSPS) is 18.4. The molecule has 1 heterocycles. The van der Waals surface area contributed by atoms with E-state index in [-0.39, 0.29) is 24.5 Å². The summed E-state index contributed by atoms with van der Waals surface area (Å²) in [5, 5.41) is 20.7. The van der Waals surface area contributed by atoms with Gasteiger partial charge in [-0.05, 0) is 31.1 Å². The van der Waals surface area contributed by atoms with Crippen LogP contribution in [0.5, 0.6) is 0 Å². The molecular formula is C13H24N2O4. The smallest absolute Gasteiger partial charge is 0.326 e. The summed E-state index contributed by atoms with van der Waals surface area (Å²) >= 11 is 0. The van der Waals surface area contributed by atoms with Crippen LogP contribution in [0.1, 0.15) is 33.1 Å². The molecule has 6 heteroatoms. The van der Waals surface area contributed by atoms with Crippen molar-refractivity contribution in [1.82, 2.24) is 10.2 Å². The Morgan fingerprint density at radius 2 is 1.89 bits per heavy atom. The van der Waals surface area contributed by atoms with E-state index in [0.717, 1.165) is 12.8 Å². The van der Waals surface area contributed by atoms with Gasteiger partial charge in [-0.2, -0.15) is 0 Å². The predicted molar refractivity (Wildman–Crippen MR) is 70.8 cm³/mol. The Hall–Kier alpha value is -1.30. The largest absolute Gasteiger partial charge is 0.480 e. The first kappa shape index (κ1) is 15.8. The van der Waals surface area contributed by atoms with Crippen LogP contribution in [0.2, 0.25) is 0 Å². The number of rotatable bonds is 5. The molecule has 1 aliphatic rings. The molecule has 0 bridgehead atoms. The number of carboxylic acids is 1. The molecule has 0 spiro atoms. The minimum atomic E-state index is -0.993. The Bertz CT molecular complexity index is 312. The van der Waals surface area contributed by atoms with Crippen molar-refractivity contribution in [3.63, 3.8) is 0 Å². The van der Waals surface area contributed by atoms with E-state index >= 15 is 0 Å². The molecular weight excluding hydrogens is 248 g/mol. The Morgan fingerprint density at radius 1 is 1.32 bits per heavy atom. The van der Waals surface area contributed by atoms with Crippen LogP contribution in [0.3, 0.4) is 0 Å². The Labute approximate surface area is 113 Å². The summed E-state index contributed by atoms with van der Waals surface area (Å²) in [4.78, 5) is 24.7. The van der Waals surface area contributed by atoms with Gasteiger partial charge in [0.1, 0.15) is 6.04 Å². The third kappa shape index (κ3) is 5.06. The van der Waals surface area contributed by atoms with Gasteiger partial charge in [0.25, 0.3) is 0 Å². The minimum Gasteiger partial charge on any atom is -0.480 e. The van der Waals surface area contributed by atoms with Crippen LogP contribution >= 0.6 is 0 Å². The first-order chi connectivity index (χ1) is 8.93. The summed E-state index contributed by atoms with van der Waals surface area (Å²) in [6, 6.07) is -1.15. The molecule has 2 amide bonds. The number of hydrogen-bond acceptors (Lipinski definition) is 3. The minimum absolute atomic E-state index is 0.153. The molecule has 19 heavy (non-hydrogen) atoms. The Balaban J connectivity index is 2.46. The fourth-order valence-electron chi connectivity index (χ4n) is 2.25. The van der Waals surface area contributed by atoms with Crippen LogP contribution in [0.15, 0.2) is 0 Å². The second-order valence-corrected chi connectivity index (χ2v) is 5.58. The number of carbonyl (C=O) groups excluding carboxylic acids is 1. The molecule has 1 unspecified atom stereocenters. The number of likely N-dealkylation sites (tertiary alicyclic amines) is 1. The lowest BCUT2D eigenvalue weighted by Crippen LogP contribution is -2.50. The second-order valence-electron chi connectivity index (χ2n) is 5.58. The third-order valence-electron chi connectivity index (χ3n) is 3.46. The highest BCUT2D eigenvalue weighted by Crippen LogP contribution is 2.16. The molecule has 0 aliphatic carbocycles.